The molecule has 0 bridgehead atoms. The van der Waals surface area contributed by atoms with E-state index < -0.39 is 0 Å². The Kier molecular flexibility index (Phi) is 3.50. The van der Waals surface area contributed by atoms with Crippen molar-refractivity contribution >= 4 is 11.3 Å². The summed E-state index contributed by atoms with van der Waals surface area (Å²) in [5.74, 6) is 0. The lowest BCUT2D eigenvalue weighted by Gasteiger charge is -2.15. The third kappa shape index (κ3) is 2.53. The number of hydrogen-bond donors (Lipinski definition) is 2. The van der Waals surface area contributed by atoms with Gasteiger partial charge in [-0.25, -0.2) is 4.98 Å². The van der Waals surface area contributed by atoms with Crippen molar-refractivity contribution in [2.24, 2.45) is 0 Å². The fraction of sp³-hybridized carbons (Fsp3) is 0.700. The van der Waals surface area contributed by atoms with Gasteiger partial charge in [0.05, 0.1) is 6.04 Å². The van der Waals surface area contributed by atoms with Crippen molar-refractivity contribution in [3.8, 4) is 0 Å². The van der Waals surface area contributed by atoms with Gasteiger partial charge in [-0.15, -0.1) is 11.3 Å². The molecule has 3 nitrogen and oxygen atoms in total. The van der Waals surface area contributed by atoms with E-state index in [1.165, 1.54) is 24.4 Å². The summed E-state index contributed by atoms with van der Waals surface area (Å²) in [6, 6.07) is 1.05. The number of rotatable bonds is 4. The molecule has 2 unspecified atom stereocenters. The molecule has 1 fully saturated rings. The molecular formula is C10H17N3S. The van der Waals surface area contributed by atoms with Crippen molar-refractivity contribution < 1.29 is 0 Å². The van der Waals surface area contributed by atoms with Crippen LogP contribution in [0.25, 0.3) is 0 Å². The lowest BCUT2D eigenvalue weighted by Crippen LogP contribution is -2.35. The zero-order chi connectivity index (χ0) is 9.80. The van der Waals surface area contributed by atoms with Gasteiger partial charge in [0.1, 0.15) is 5.01 Å². The molecule has 2 heterocycles. The highest BCUT2D eigenvalue weighted by Crippen LogP contribution is 2.15. The summed E-state index contributed by atoms with van der Waals surface area (Å²) >= 11 is 1.72. The molecule has 4 heteroatoms. The van der Waals surface area contributed by atoms with Gasteiger partial charge in [-0.1, -0.05) is 0 Å². The zero-order valence-electron chi connectivity index (χ0n) is 8.49. The van der Waals surface area contributed by atoms with E-state index in [1.807, 2.05) is 11.6 Å². The van der Waals surface area contributed by atoms with Crippen LogP contribution in [0.5, 0.6) is 0 Å². The normalized spacial score (nSPS) is 23.9. The lowest BCUT2D eigenvalue weighted by atomic mass is 10.2. The Hall–Kier alpha value is -0.450. The number of nitrogens with one attached hydrogen (secondary N) is 2. The number of aromatic nitrogens is 1. The van der Waals surface area contributed by atoms with Crippen molar-refractivity contribution in [3.05, 3.63) is 16.6 Å². The predicted octanol–water partition coefficient (Wildman–Crippen LogP) is 1.55. The average Bonchev–Trinajstić information content (AvgIpc) is 2.87. The minimum absolute atomic E-state index is 0.386. The zero-order valence-corrected chi connectivity index (χ0v) is 9.31. The van der Waals surface area contributed by atoms with Crippen molar-refractivity contribution in [1.29, 1.82) is 0 Å². The first-order valence-electron chi connectivity index (χ1n) is 5.22. The van der Waals surface area contributed by atoms with Crippen LogP contribution in [0.3, 0.4) is 0 Å². The quantitative estimate of drug-likeness (QED) is 0.793. The molecule has 0 saturated carbocycles. The Morgan fingerprint density at radius 3 is 3.36 bits per heavy atom. The van der Waals surface area contributed by atoms with Crippen LogP contribution in [0.4, 0.5) is 0 Å². The molecule has 2 rings (SSSR count). The minimum atomic E-state index is 0.386. The van der Waals surface area contributed by atoms with Crippen LogP contribution in [-0.4, -0.2) is 24.1 Å². The van der Waals surface area contributed by atoms with E-state index in [0.717, 1.165) is 6.54 Å². The van der Waals surface area contributed by atoms with E-state index >= 15 is 0 Å². The molecule has 1 aromatic heterocycles. The van der Waals surface area contributed by atoms with Crippen molar-refractivity contribution in [2.45, 2.75) is 31.8 Å². The maximum Gasteiger partial charge on any atom is 0.109 e. The van der Waals surface area contributed by atoms with Gasteiger partial charge in [0.15, 0.2) is 0 Å². The molecule has 1 aliphatic rings. The maximum absolute atomic E-state index is 4.30. The largest absolute Gasteiger partial charge is 0.313 e. The molecule has 2 atom stereocenters. The predicted molar refractivity (Wildman–Crippen MR) is 59.6 cm³/mol. The smallest absolute Gasteiger partial charge is 0.109 e. The van der Waals surface area contributed by atoms with E-state index in [9.17, 15) is 0 Å². The van der Waals surface area contributed by atoms with Gasteiger partial charge < -0.3 is 10.6 Å². The molecule has 0 spiro atoms. The summed E-state index contributed by atoms with van der Waals surface area (Å²) in [6.07, 6.45) is 4.49. The number of nitrogens with zero attached hydrogens (tertiary/aromatic N) is 1. The fourth-order valence-electron chi connectivity index (χ4n) is 1.79. The third-order valence-electron chi connectivity index (χ3n) is 2.65. The van der Waals surface area contributed by atoms with Crippen LogP contribution in [0.1, 0.15) is 30.8 Å². The van der Waals surface area contributed by atoms with Crippen LogP contribution in [0.2, 0.25) is 0 Å². The molecule has 0 aromatic carbocycles. The SMILES string of the molecule is CC(NCC1CCCN1)c1nccs1. The number of thiazole rings is 1. The molecule has 1 aliphatic heterocycles. The Balaban J connectivity index is 1.74. The van der Waals surface area contributed by atoms with E-state index in [1.54, 1.807) is 11.3 Å². The third-order valence-corrected chi connectivity index (χ3v) is 3.61. The molecular weight excluding hydrogens is 194 g/mol. The second-order valence-electron chi connectivity index (χ2n) is 3.79. The molecule has 1 aromatic rings. The topological polar surface area (TPSA) is 37.0 Å². The monoisotopic (exact) mass is 211 g/mol. The minimum Gasteiger partial charge on any atom is -0.313 e. The molecule has 0 amide bonds. The first kappa shape index (κ1) is 10.1. The summed E-state index contributed by atoms with van der Waals surface area (Å²) < 4.78 is 0. The summed E-state index contributed by atoms with van der Waals surface area (Å²) in [5, 5.41) is 10.2. The summed E-state index contributed by atoms with van der Waals surface area (Å²) in [6.45, 7) is 4.41. The fourth-order valence-corrected chi connectivity index (χ4v) is 2.46. The number of hydrogen-bond acceptors (Lipinski definition) is 4. The first-order chi connectivity index (χ1) is 6.86. The Labute approximate surface area is 88.9 Å². The van der Waals surface area contributed by atoms with Gasteiger partial charge in [-0.3, -0.25) is 0 Å². The van der Waals surface area contributed by atoms with Gasteiger partial charge in [-0.05, 0) is 26.3 Å². The highest BCUT2D eigenvalue weighted by atomic mass is 32.1. The van der Waals surface area contributed by atoms with Crippen LogP contribution in [0, 0.1) is 0 Å². The lowest BCUT2D eigenvalue weighted by molar-refractivity contribution is 0.489. The Morgan fingerprint density at radius 1 is 1.79 bits per heavy atom. The highest BCUT2D eigenvalue weighted by Gasteiger charge is 2.15. The molecule has 2 N–H and O–H groups in total. The second kappa shape index (κ2) is 4.87. The van der Waals surface area contributed by atoms with Crippen LogP contribution in [-0.2, 0) is 0 Å². The van der Waals surface area contributed by atoms with Crippen molar-refractivity contribution in [1.82, 2.24) is 15.6 Å². The average molecular weight is 211 g/mol. The van der Waals surface area contributed by atoms with E-state index in [4.69, 9.17) is 0 Å². The molecule has 0 radical (unpaired) electrons. The summed E-state index contributed by atoms with van der Waals surface area (Å²) in [4.78, 5) is 4.30. The van der Waals surface area contributed by atoms with E-state index in [0.29, 0.717) is 12.1 Å². The van der Waals surface area contributed by atoms with Gasteiger partial charge in [0.2, 0.25) is 0 Å². The van der Waals surface area contributed by atoms with Crippen LogP contribution in [0.15, 0.2) is 11.6 Å². The Bertz CT molecular complexity index is 254. The van der Waals surface area contributed by atoms with Crippen molar-refractivity contribution in [3.63, 3.8) is 0 Å². The second-order valence-corrected chi connectivity index (χ2v) is 4.72. The van der Waals surface area contributed by atoms with Crippen molar-refractivity contribution in [2.75, 3.05) is 13.1 Å². The summed E-state index contributed by atoms with van der Waals surface area (Å²) in [7, 11) is 0. The maximum atomic E-state index is 4.30. The molecule has 1 saturated heterocycles. The van der Waals surface area contributed by atoms with Crippen LogP contribution >= 0.6 is 11.3 Å². The molecule has 14 heavy (non-hydrogen) atoms. The highest BCUT2D eigenvalue weighted by molar-refractivity contribution is 7.09. The molecule has 0 aliphatic carbocycles. The van der Waals surface area contributed by atoms with Gasteiger partial charge >= 0.3 is 0 Å². The van der Waals surface area contributed by atoms with E-state index in [2.05, 4.69) is 22.5 Å². The first-order valence-corrected chi connectivity index (χ1v) is 6.10. The van der Waals surface area contributed by atoms with Gasteiger partial charge in [-0.2, -0.15) is 0 Å². The Morgan fingerprint density at radius 2 is 2.71 bits per heavy atom. The van der Waals surface area contributed by atoms with Crippen LogP contribution < -0.4 is 10.6 Å². The van der Waals surface area contributed by atoms with E-state index in [-0.39, 0.29) is 0 Å². The van der Waals surface area contributed by atoms with Gasteiger partial charge in [0.25, 0.3) is 0 Å². The standard InChI is InChI=1S/C10H17N3S/c1-8(10-12-5-6-14-10)13-7-9-3-2-4-11-9/h5-6,8-9,11,13H,2-4,7H2,1H3. The van der Waals surface area contributed by atoms with Gasteiger partial charge in [0, 0.05) is 24.2 Å². The molecule has 78 valence electrons. The summed E-state index contributed by atoms with van der Waals surface area (Å²) in [5.41, 5.74) is 0.